The highest BCUT2D eigenvalue weighted by molar-refractivity contribution is 6.10. The van der Waals surface area contributed by atoms with Gasteiger partial charge in [0.2, 0.25) is 0 Å². The molecule has 2 saturated heterocycles. The molecule has 1 aliphatic carbocycles. The fourth-order valence-corrected chi connectivity index (χ4v) is 7.51. The SMILES string of the molecule is CCCC1C=[N+]=C([C@H](c2cc(NC3COC3)nc(N3Cc4c(cc([C@H](C)NCC5CCC5)cc4C(F)(F)CC)C3=O)c2)C2COC2)C1. The molecule has 5 heterocycles. The normalized spacial score (nSPS) is 22.8. The van der Waals surface area contributed by atoms with Crippen LogP contribution in [0.1, 0.15) is 110 Å². The minimum Gasteiger partial charge on any atom is -0.381 e. The number of anilines is 2. The number of ether oxygens (including phenoxy) is 2. The molecule has 5 aliphatic rings. The molecular weight excluding hydrogens is 600 g/mol. The molecule has 8 nitrogen and oxygen atoms in total. The summed E-state index contributed by atoms with van der Waals surface area (Å²) in [6.07, 6.45) is 8.51. The Bertz CT molecular complexity index is 1560. The third-order valence-corrected chi connectivity index (χ3v) is 10.9. The molecule has 4 aliphatic heterocycles. The van der Waals surface area contributed by atoms with Crippen molar-refractivity contribution in [3.63, 3.8) is 0 Å². The summed E-state index contributed by atoms with van der Waals surface area (Å²) >= 11 is 0. The van der Waals surface area contributed by atoms with Gasteiger partial charge >= 0.3 is 0 Å². The molecule has 1 aromatic carbocycles. The van der Waals surface area contributed by atoms with Crippen molar-refractivity contribution in [2.24, 2.45) is 17.8 Å². The first kappa shape index (κ1) is 32.4. The third kappa shape index (κ3) is 6.50. The summed E-state index contributed by atoms with van der Waals surface area (Å²) in [4.78, 5) is 20.8. The summed E-state index contributed by atoms with van der Waals surface area (Å²) in [7, 11) is 0. The van der Waals surface area contributed by atoms with Gasteiger partial charge in [-0.25, -0.2) is 13.8 Å². The van der Waals surface area contributed by atoms with E-state index < -0.39 is 5.92 Å². The van der Waals surface area contributed by atoms with E-state index in [9.17, 15) is 4.79 Å². The Kier molecular flexibility index (Phi) is 9.22. The average molecular weight is 649 g/mol. The van der Waals surface area contributed by atoms with E-state index in [4.69, 9.17) is 19.1 Å². The van der Waals surface area contributed by atoms with Crippen LogP contribution in [-0.2, 0) is 21.9 Å². The Labute approximate surface area is 276 Å². The molecule has 1 aromatic heterocycles. The van der Waals surface area contributed by atoms with E-state index in [1.54, 1.807) is 11.0 Å². The summed E-state index contributed by atoms with van der Waals surface area (Å²) in [6, 6.07) is 7.47. The number of pyridine rings is 1. The van der Waals surface area contributed by atoms with Crippen LogP contribution in [0.25, 0.3) is 0 Å². The molecule has 0 radical (unpaired) electrons. The number of alkyl halides is 2. The van der Waals surface area contributed by atoms with Crippen molar-refractivity contribution in [3.8, 4) is 0 Å². The van der Waals surface area contributed by atoms with Crippen LogP contribution in [0.3, 0.4) is 0 Å². The first-order chi connectivity index (χ1) is 22.7. The number of nitrogens with one attached hydrogen (secondary N) is 2. The smallest absolute Gasteiger partial charge is 0.288 e. The Morgan fingerprint density at radius 2 is 1.87 bits per heavy atom. The minimum atomic E-state index is -3.06. The molecule has 2 N–H and O–H groups in total. The fourth-order valence-electron chi connectivity index (χ4n) is 7.51. The number of benzene rings is 1. The van der Waals surface area contributed by atoms with Crippen molar-refractivity contribution in [1.82, 2.24) is 15.0 Å². The van der Waals surface area contributed by atoms with E-state index in [0.717, 1.165) is 42.6 Å². The van der Waals surface area contributed by atoms with E-state index in [1.807, 2.05) is 19.1 Å². The molecule has 3 atom stereocenters. The zero-order chi connectivity index (χ0) is 32.7. The molecule has 7 rings (SSSR count). The number of halogens is 2. The van der Waals surface area contributed by atoms with Gasteiger partial charge in [-0.3, -0.25) is 9.69 Å². The van der Waals surface area contributed by atoms with Gasteiger partial charge in [-0.1, -0.05) is 26.7 Å². The van der Waals surface area contributed by atoms with Gasteiger partial charge in [0, 0.05) is 29.5 Å². The van der Waals surface area contributed by atoms with Crippen LogP contribution in [0.2, 0.25) is 0 Å². The lowest BCUT2D eigenvalue weighted by molar-refractivity contribution is -0.0359. The van der Waals surface area contributed by atoms with Crippen LogP contribution < -0.4 is 20.2 Å². The summed E-state index contributed by atoms with van der Waals surface area (Å²) in [5.41, 5.74) is 3.57. The molecular formula is C37H48F2N5O3+. The van der Waals surface area contributed by atoms with Crippen LogP contribution >= 0.6 is 0 Å². The van der Waals surface area contributed by atoms with E-state index in [1.165, 1.54) is 26.2 Å². The van der Waals surface area contributed by atoms with Crippen LogP contribution in [-0.4, -0.2) is 61.8 Å². The number of carbonyl (C=O) groups excluding carboxylic acids is 1. The summed E-state index contributed by atoms with van der Waals surface area (Å²) in [5, 5.41) is 7.03. The molecule has 1 amide bonds. The van der Waals surface area contributed by atoms with Crippen LogP contribution in [0.5, 0.6) is 0 Å². The topological polar surface area (TPSA) is 89.8 Å². The van der Waals surface area contributed by atoms with E-state index in [-0.39, 0.29) is 48.4 Å². The molecule has 1 unspecified atom stereocenters. The number of rotatable bonds is 14. The van der Waals surface area contributed by atoms with Gasteiger partial charge < -0.3 is 20.1 Å². The second-order valence-electron chi connectivity index (χ2n) is 14.3. The third-order valence-electron chi connectivity index (χ3n) is 10.9. The van der Waals surface area contributed by atoms with Gasteiger partial charge in [0.15, 0.2) is 0 Å². The quantitative estimate of drug-likeness (QED) is 0.240. The van der Waals surface area contributed by atoms with E-state index >= 15 is 8.78 Å². The molecule has 2 aromatic rings. The Morgan fingerprint density at radius 3 is 2.51 bits per heavy atom. The monoisotopic (exact) mass is 648 g/mol. The number of carbonyl (C=O) groups is 1. The molecule has 47 heavy (non-hydrogen) atoms. The van der Waals surface area contributed by atoms with Crippen molar-refractivity contribution in [2.75, 3.05) is 43.2 Å². The number of amides is 1. The highest BCUT2D eigenvalue weighted by Crippen LogP contribution is 2.43. The van der Waals surface area contributed by atoms with Gasteiger partial charge in [0.05, 0.1) is 57.3 Å². The first-order valence-electron chi connectivity index (χ1n) is 17.7. The Morgan fingerprint density at radius 1 is 1.09 bits per heavy atom. The fraction of sp³-hybridized carbons (Fsp3) is 0.622. The molecule has 252 valence electrons. The van der Waals surface area contributed by atoms with Crippen LogP contribution in [0, 0.1) is 17.8 Å². The standard InChI is InChI=1S/C37H48F2N5O3/c1-4-7-24-10-32(41-16-24)35(27-18-46-19-27)26-13-33(42-28-20-47-21-28)43-34(14-26)44-17-30-29(36(44)45)11-25(12-31(30)37(38,39)5-2)22(3)40-15-23-8-6-9-23/h11-14,16,22-24,27-28,35,40H,4-10,15,17-21H2,1-3H3,(H,42,43)/q+1/t22-,24?,35+/m0/s1. The number of hydrogen-bond donors (Lipinski definition) is 2. The van der Waals surface area contributed by atoms with Gasteiger partial charge in [-0.2, -0.15) is 0 Å². The lowest BCUT2D eigenvalue weighted by Crippen LogP contribution is -2.41. The predicted octanol–water partition coefficient (Wildman–Crippen LogP) is 6.13. The lowest BCUT2D eigenvalue weighted by Gasteiger charge is -2.32. The molecule has 0 bridgehead atoms. The molecule has 3 fully saturated rings. The van der Waals surface area contributed by atoms with Crippen molar-refractivity contribution in [2.45, 2.75) is 96.2 Å². The maximum absolute atomic E-state index is 15.6. The minimum absolute atomic E-state index is 0.0241. The van der Waals surface area contributed by atoms with Gasteiger partial charge in [-0.15, -0.1) is 4.67 Å². The van der Waals surface area contributed by atoms with Crippen molar-refractivity contribution in [1.29, 1.82) is 0 Å². The zero-order valence-corrected chi connectivity index (χ0v) is 27.9. The van der Waals surface area contributed by atoms with Crippen molar-refractivity contribution in [3.05, 3.63) is 52.1 Å². The molecule has 0 spiro atoms. The summed E-state index contributed by atoms with van der Waals surface area (Å²) < 4.78 is 47.2. The maximum Gasteiger partial charge on any atom is 0.288 e. The second kappa shape index (κ2) is 13.4. The van der Waals surface area contributed by atoms with Crippen molar-refractivity contribution < 1.29 is 23.0 Å². The highest BCUT2D eigenvalue weighted by atomic mass is 19.3. The van der Waals surface area contributed by atoms with E-state index in [2.05, 4.69) is 29.8 Å². The van der Waals surface area contributed by atoms with Gasteiger partial charge in [0.1, 0.15) is 11.6 Å². The van der Waals surface area contributed by atoms with E-state index in [0.29, 0.717) is 61.0 Å². The highest BCUT2D eigenvalue weighted by Gasteiger charge is 2.44. The Hall–Kier alpha value is -3.17. The number of hydrogen-bond acceptors (Lipinski definition) is 6. The lowest BCUT2D eigenvalue weighted by atomic mass is 9.79. The van der Waals surface area contributed by atoms with Crippen molar-refractivity contribution >= 4 is 29.5 Å². The predicted molar refractivity (Wildman–Crippen MR) is 181 cm³/mol. The van der Waals surface area contributed by atoms with Gasteiger partial charge in [0.25, 0.3) is 23.8 Å². The first-order valence-corrected chi connectivity index (χ1v) is 17.7. The largest absolute Gasteiger partial charge is 0.381 e. The average Bonchev–Trinajstić information content (AvgIpc) is 3.59. The number of nitrogens with zero attached hydrogens (tertiary/aromatic N) is 3. The summed E-state index contributed by atoms with van der Waals surface area (Å²) in [6.45, 7) is 9.07. The maximum atomic E-state index is 15.6. The summed E-state index contributed by atoms with van der Waals surface area (Å²) in [5.74, 6) is -0.869. The number of fused-ring (bicyclic) bond motifs is 1. The van der Waals surface area contributed by atoms with Crippen LogP contribution in [0.15, 0.2) is 24.3 Å². The molecule has 10 heteroatoms. The van der Waals surface area contributed by atoms with Gasteiger partial charge in [-0.05, 0) is 79.6 Å². The second-order valence-corrected chi connectivity index (χ2v) is 14.3. The zero-order valence-electron chi connectivity index (χ0n) is 27.9. The molecule has 1 saturated carbocycles. The van der Waals surface area contributed by atoms with Crippen LogP contribution in [0.4, 0.5) is 20.4 Å². The Balaban J connectivity index is 1.24. The number of aromatic nitrogens is 1.